The first-order valence-corrected chi connectivity index (χ1v) is 14.3. The van der Waals surface area contributed by atoms with Crippen molar-refractivity contribution in [2.45, 2.75) is 52.1 Å². The number of hydrogen-bond donors (Lipinski definition) is 1. The van der Waals surface area contributed by atoms with Gasteiger partial charge in [-0.25, -0.2) is 9.59 Å². The first-order valence-electron chi connectivity index (χ1n) is 7.47. The zero-order valence-corrected chi connectivity index (χ0v) is 16.9. The minimum absolute atomic E-state index is 0.0213. The second-order valence-corrected chi connectivity index (χ2v) is 16.2. The number of methoxy groups -OCH3 is 1. The molecule has 0 radical (unpaired) electrons. The van der Waals surface area contributed by atoms with Crippen molar-refractivity contribution in [3.05, 3.63) is 22.7 Å². The molecule has 0 aromatic heterocycles. The number of rotatable bonds is 6. The number of carbonyl (C=O) groups is 2. The molecule has 23 heavy (non-hydrogen) atoms. The van der Waals surface area contributed by atoms with Crippen molar-refractivity contribution in [1.82, 2.24) is 0 Å². The molecule has 0 amide bonds. The van der Waals surface area contributed by atoms with Crippen LogP contribution in [0.3, 0.4) is 0 Å². The molecule has 0 spiro atoms. The lowest BCUT2D eigenvalue weighted by Crippen LogP contribution is -2.32. The lowest BCUT2D eigenvalue weighted by molar-refractivity contribution is -0.138. The first kappa shape index (κ1) is 19.5. The van der Waals surface area contributed by atoms with Crippen molar-refractivity contribution < 1.29 is 28.3 Å². The topological polar surface area (TPSA) is 82.1 Å². The maximum Gasteiger partial charge on any atom is 0.334 e. The summed E-state index contributed by atoms with van der Waals surface area (Å²) < 4.78 is 16.8. The molecule has 1 aliphatic rings. The quantitative estimate of drug-likeness (QED) is 0.580. The van der Waals surface area contributed by atoms with Crippen molar-refractivity contribution in [2.75, 3.05) is 7.11 Å². The van der Waals surface area contributed by atoms with Gasteiger partial charge in [0.15, 0.2) is 0 Å². The molecule has 0 saturated heterocycles. The highest BCUT2D eigenvalue weighted by molar-refractivity contribution is 6.70. The van der Waals surface area contributed by atoms with Crippen LogP contribution in [0.2, 0.25) is 39.3 Å². The third-order valence-corrected chi connectivity index (χ3v) is 4.62. The van der Waals surface area contributed by atoms with Gasteiger partial charge >= 0.3 is 11.9 Å². The fourth-order valence-electron chi connectivity index (χ4n) is 2.18. The summed E-state index contributed by atoms with van der Waals surface area (Å²) in [4.78, 5) is 23.5. The summed E-state index contributed by atoms with van der Waals surface area (Å²) in [5.74, 6) is -0.658. The Kier molecular flexibility index (Phi) is 5.86. The highest BCUT2D eigenvalue weighted by Gasteiger charge is 2.34. The molecule has 0 atom stereocenters. The van der Waals surface area contributed by atoms with Crippen LogP contribution in [0.4, 0.5) is 0 Å². The molecule has 1 N–H and O–H groups in total. The molecule has 0 unspecified atom stereocenters. The summed E-state index contributed by atoms with van der Waals surface area (Å²) in [6, 6.07) is 0. The number of esters is 1. The second-order valence-electron chi connectivity index (χ2n) is 7.38. The molecule has 0 fully saturated rings. The van der Waals surface area contributed by atoms with E-state index in [1.165, 1.54) is 7.11 Å². The third-order valence-electron chi connectivity index (χ3n) is 2.90. The molecule has 0 bridgehead atoms. The van der Waals surface area contributed by atoms with Crippen LogP contribution < -0.4 is 0 Å². The lowest BCUT2D eigenvalue weighted by Gasteiger charge is -2.31. The van der Waals surface area contributed by atoms with Gasteiger partial charge < -0.3 is 18.7 Å². The maximum atomic E-state index is 11.9. The van der Waals surface area contributed by atoms with Gasteiger partial charge in [-0.2, -0.15) is 0 Å². The highest BCUT2D eigenvalue weighted by atomic mass is 28.4. The Morgan fingerprint density at radius 2 is 1.26 bits per heavy atom. The Labute approximate surface area is 139 Å². The fraction of sp³-hybridized carbons (Fsp3) is 0.600. The maximum absolute atomic E-state index is 11.9. The SMILES string of the molecule is COC(=O)C1=C(C(=O)O)CC(O[Si](C)(C)C)=C(O[Si](C)(C)C)C1. The molecular weight excluding hydrogens is 332 g/mol. The fourth-order valence-corrected chi connectivity index (χ4v) is 4.03. The number of carboxylic acid groups (broad SMARTS) is 1. The average molecular weight is 359 g/mol. The van der Waals surface area contributed by atoms with Crippen LogP contribution in [0.1, 0.15) is 12.8 Å². The smallest absolute Gasteiger partial charge is 0.334 e. The molecule has 8 heteroatoms. The Hall–Kier alpha value is -1.55. The van der Waals surface area contributed by atoms with Crippen LogP contribution in [0.25, 0.3) is 0 Å². The van der Waals surface area contributed by atoms with Crippen LogP contribution in [0.5, 0.6) is 0 Å². The van der Waals surface area contributed by atoms with Gasteiger partial charge in [0.25, 0.3) is 0 Å². The van der Waals surface area contributed by atoms with Crippen molar-refractivity contribution >= 4 is 28.6 Å². The number of carbonyl (C=O) groups excluding carboxylic acids is 1. The summed E-state index contributed by atoms with van der Waals surface area (Å²) in [7, 11) is -2.63. The van der Waals surface area contributed by atoms with E-state index in [4.69, 9.17) is 13.6 Å². The molecule has 0 aromatic rings. The van der Waals surface area contributed by atoms with E-state index in [0.29, 0.717) is 11.5 Å². The monoisotopic (exact) mass is 358 g/mol. The molecular formula is C15H26O6Si2. The number of allylic oxidation sites excluding steroid dienone is 2. The number of carboxylic acids is 1. The summed E-state index contributed by atoms with van der Waals surface area (Å²) >= 11 is 0. The summed E-state index contributed by atoms with van der Waals surface area (Å²) in [6.07, 6.45) is 0.141. The van der Waals surface area contributed by atoms with Crippen molar-refractivity contribution in [3.63, 3.8) is 0 Å². The van der Waals surface area contributed by atoms with Gasteiger partial charge in [-0.3, -0.25) is 0 Å². The normalized spacial score (nSPS) is 16.3. The van der Waals surface area contributed by atoms with Gasteiger partial charge in [-0.1, -0.05) is 0 Å². The van der Waals surface area contributed by atoms with Gasteiger partial charge in [-0.15, -0.1) is 0 Å². The van der Waals surface area contributed by atoms with Crippen LogP contribution in [0.15, 0.2) is 22.7 Å². The summed E-state index contributed by atoms with van der Waals surface area (Å²) in [6.45, 7) is 12.1. The average Bonchev–Trinajstić information content (AvgIpc) is 2.35. The lowest BCUT2D eigenvalue weighted by atomic mass is 9.94. The Morgan fingerprint density at radius 3 is 1.57 bits per heavy atom. The Morgan fingerprint density at radius 1 is 0.870 bits per heavy atom. The van der Waals surface area contributed by atoms with E-state index in [9.17, 15) is 14.7 Å². The van der Waals surface area contributed by atoms with Gasteiger partial charge in [-0.05, 0) is 39.3 Å². The van der Waals surface area contributed by atoms with Gasteiger partial charge in [0, 0.05) is 12.8 Å². The third kappa shape index (κ3) is 5.87. The van der Waals surface area contributed by atoms with Gasteiger partial charge in [0.2, 0.25) is 16.6 Å². The van der Waals surface area contributed by atoms with Crippen LogP contribution in [-0.4, -0.2) is 40.8 Å². The number of aliphatic carboxylic acids is 1. The van der Waals surface area contributed by atoms with E-state index in [-0.39, 0.29) is 24.0 Å². The zero-order valence-electron chi connectivity index (χ0n) is 14.9. The highest BCUT2D eigenvalue weighted by Crippen LogP contribution is 2.35. The first-order chi connectivity index (χ1) is 10.3. The molecule has 0 aromatic carbocycles. The van der Waals surface area contributed by atoms with Crippen molar-refractivity contribution in [3.8, 4) is 0 Å². The molecule has 6 nitrogen and oxygen atoms in total. The number of hydrogen-bond acceptors (Lipinski definition) is 5. The molecule has 0 saturated carbocycles. The molecule has 0 aliphatic heterocycles. The predicted octanol–water partition coefficient (Wildman–Crippen LogP) is 3.25. The standard InChI is InChI=1S/C15H26O6Si2/c1-19-15(18)11-9-13(21-23(5,6)7)12(20-22(2,3)4)8-10(11)14(16)17/h8-9H2,1-7H3,(H,16,17). The molecule has 0 heterocycles. The molecule has 1 aliphatic carbocycles. The van der Waals surface area contributed by atoms with E-state index in [2.05, 4.69) is 0 Å². The Bertz CT molecular complexity index is 563. The minimum Gasteiger partial charge on any atom is -0.545 e. The largest absolute Gasteiger partial charge is 0.545 e. The van der Waals surface area contributed by atoms with Crippen LogP contribution >= 0.6 is 0 Å². The summed E-state index contributed by atoms with van der Waals surface area (Å²) in [5, 5.41) is 9.42. The van der Waals surface area contributed by atoms with Crippen LogP contribution in [-0.2, 0) is 23.2 Å². The van der Waals surface area contributed by atoms with Crippen molar-refractivity contribution in [2.24, 2.45) is 0 Å². The molecule has 130 valence electrons. The zero-order chi connectivity index (χ0) is 18.0. The van der Waals surface area contributed by atoms with E-state index < -0.39 is 28.6 Å². The summed E-state index contributed by atoms with van der Waals surface area (Å²) in [5.41, 5.74) is 0.157. The van der Waals surface area contributed by atoms with Crippen LogP contribution in [0, 0.1) is 0 Å². The van der Waals surface area contributed by atoms with E-state index >= 15 is 0 Å². The van der Waals surface area contributed by atoms with E-state index in [0.717, 1.165) is 0 Å². The number of ether oxygens (including phenoxy) is 1. The van der Waals surface area contributed by atoms with E-state index in [1.54, 1.807) is 0 Å². The minimum atomic E-state index is -1.94. The second kappa shape index (κ2) is 6.92. The van der Waals surface area contributed by atoms with Gasteiger partial charge in [0.05, 0.1) is 18.3 Å². The van der Waals surface area contributed by atoms with Crippen molar-refractivity contribution in [1.29, 1.82) is 0 Å². The van der Waals surface area contributed by atoms with E-state index in [1.807, 2.05) is 39.3 Å². The molecule has 1 rings (SSSR count). The Balaban J connectivity index is 3.29. The van der Waals surface area contributed by atoms with Gasteiger partial charge in [0.1, 0.15) is 11.5 Å². The predicted molar refractivity (Wildman–Crippen MR) is 91.8 cm³/mol.